The van der Waals surface area contributed by atoms with E-state index in [2.05, 4.69) is 38.3 Å². The summed E-state index contributed by atoms with van der Waals surface area (Å²) in [5, 5.41) is 2.89. The molecule has 1 amide bonds. The highest BCUT2D eigenvalue weighted by Gasteiger charge is 2.18. The van der Waals surface area contributed by atoms with Gasteiger partial charge < -0.3 is 4.90 Å². The first-order valence-corrected chi connectivity index (χ1v) is 8.38. The molecule has 1 saturated heterocycles. The largest absolute Gasteiger partial charge is 0.341 e. The third kappa shape index (κ3) is 4.07. The second-order valence-electron chi connectivity index (χ2n) is 4.53. The molecule has 18 heavy (non-hydrogen) atoms. The van der Waals surface area contributed by atoms with Crippen molar-refractivity contribution in [3.63, 3.8) is 0 Å². The van der Waals surface area contributed by atoms with Crippen LogP contribution in [0.25, 0.3) is 0 Å². The molecular weight excluding hydrogens is 312 g/mol. The van der Waals surface area contributed by atoms with Gasteiger partial charge in [-0.3, -0.25) is 9.69 Å². The minimum Gasteiger partial charge on any atom is -0.341 e. The second kappa shape index (κ2) is 7.26. The number of hydrogen-bond acceptors (Lipinski definition) is 3. The molecule has 0 aromatic carbocycles. The van der Waals surface area contributed by atoms with Crippen molar-refractivity contribution in [1.29, 1.82) is 0 Å². The van der Waals surface area contributed by atoms with E-state index in [4.69, 9.17) is 0 Å². The van der Waals surface area contributed by atoms with Crippen LogP contribution in [0, 0.1) is 0 Å². The molecule has 0 bridgehead atoms. The molecule has 0 aliphatic carbocycles. The standard InChI is InChI=1S/C13H19BrN2OS/c14-5-4-13(17)16-7-2-6-15(8-9-16)11-12-3-1-10-18-12/h1,3,10H,2,4-9,11H2. The van der Waals surface area contributed by atoms with E-state index in [1.165, 1.54) is 4.88 Å². The molecule has 1 aliphatic rings. The van der Waals surface area contributed by atoms with Gasteiger partial charge in [0.2, 0.25) is 5.91 Å². The fourth-order valence-electron chi connectivity index (χ4n) is 2.24. The van der Waals surface area contributed by atoms with E-state index in [1.807, 2.05) is 16.2 Å². The molecule has 0 N–H and O–H groups in total. The Kier molecular flexibility index (Phi) is 5.66. The summed E-state index contributed by atoms with van der Waals surface area (Å²) in [6.07, 6.45) is 1.70. The normalized spacial score (nSPS) is 17.7. The number of halogens is 1. The third-order valence-corrected chi connectivity index (χ3v) is 4.47. The Hall–Kier alpha value is -0.390. The molecule has 100 valence electrons. The monoisotopic (exact) mass is 330 g/mol. The Morgan fingerprint density at radius 1 is 1.33 bits per heavy atom. The lowest BCUT2D eigenvalue weighted by Gasteiger charge is -2.21. The molecule has 0 atom stereocenters. The summed E-state index contributed by atoms with van der Waals surface area (Å²) in [4.78, 5) is 17.7. The van der Waals surface area contributed by atoms with Gasteiger partial charge in [-0.2, -0.15) is 0 Å². The van der Waals surface area contributed by atoms with Crippen molar-refractivity contribution in [1.82, 2.24) is 9.80 Å². The Balaban J connectivity index is 1.82. The van der Waals surface area contributed by atoms with Crippen molar-refractivity contribution >= 4 is 33.2 Å². The van der Waals surface area contributed by atoms with Crippen LogP contribution >= 0.6 is 27.3 Å². The fourth-order valence-corrected chi connectivity index (χ4v) is 3.33. The van der Waals surface area contributed by atoms with Crippen LogP contribution < -0.4 is 0 Å². The molecule has 0 saturated carbocycles. The van der Waals surface area contributed by atoms with E-state index in [-0.39, 0.29) is 5.91 Å². The first-order valence-electron chi connectivity index (χ1n) is 6.38. The van der Waals surface area contributed by atoms with E-state index in [0.29, 0.717) is 6.42 Å². The minimum absolute atomic E-state index is 0.282. The van der Waals surface area contributed by atoms with Crippen LogP contribution in [-0.2, 0) is 11.3 Å². The number of alkyl halides is 1. The molecular formula is C13H19BrN2OS. The SMILES string of the molecule is O=C(CCBr)N1CCCN(Cc2cccs2)CC1. The number of carbonyl (C=O) groups is 1. The lowest BCUT2D eigenvalue weighted by atomic mass is 10.3. The predicted molar refractivity (Wildman–Crippen MR) is 79.2 cm³/mol. The van der Waals surface area contributed by atoms with Crippen LogP contribution in [0.3, 0.4) is 0 Å². The van der Waals surface area contributed by atoms with Gasteiger partial charge in [-0.1, -0.05) is 22.0 Å². The highest BCUT2D eigenvalue weighted by molar-refractivity contribution is 9.09. The topological polar surface area (TPSA) is 23.6 Å². The van der Waals surface area contributed by atoms with Gasteiger partial charge in [-0.25, -0.2) is 0 Å². The summed E-state index contributed by atoms with van der Waals surface area (Å²) in [6.45, 7) is 4.89. The van der Waals surface area contributed by atoms with Crippen LogP contribution in [0.15, 0.2) is 17.5 Å². The van der Waals surface area contributed by atoms with Gasteiger partial charge in [0.05, 0.1) is 0 Å². The molecule has 5 heteroatoms. The number of rotatable bonds is 4. The lowest BCUT2D eigenvalue weighted by molar-refractivity contribution is -0.130. The zero-order valence-electron chi connectivity index (χ0n) is 10.5. The zero-order valence-corrected chi connectivity index (χ0v) is 12.9. The van der Waals surface area contributed by atoms with Crippen LogP contribution in [0.5, 0.6) is 0 Å². The van der Waals surface area contributed by atoms with E-state index in [1.54, 1.807) is 0 Å². The minimum atomic E-state index is 0.282. The van der Waals surface area contributed by atoms with Crippen LogP contribution in [0.4, 0.5) is 0 Å². The molecule has 2 rings (SSSR count). The maximum absolute atomic E-state index is 11.9. The summed E-state index contributed by atoms with van der Waals surface area (Å²) in [6, 6.07) is 4.28. The summed E-state index contributed by atoms with van der Waals surface area (Å²) < 4.78 is 0. The first-order chi connectivity index (χ1) is 8.79. The predicted octanol–water partition coefficient (Wildman–Crippen LogP) is 2.57. The van der Waals surface area contributed by atoms with Crippen molar-refractivity contribution in [3.8, 4) is 0 Å². The number of carbonyl (C=O) groups excluding carboxylic acids is 1. The number of nitrogens with zero attached hydrogens (tertiary/aromatic N) is 2. The zero-order chi connectivity index (χ0) is 12.8. The molecule has 0 unspecified atom stereocenters. The fraction of sp³-hybridized carbons (Fsp3) is 0.615. The molecule has 1 aromatic rings. The first kappa shape index (κ1) is 14.0. The molecule has 1 aliphatic heterocycles. The smallest absolute Gasteiger partial charge is 0.223 e. The van der Waals surface area contributed by atoms with Gasteiger partial charge in [0.25, 0.3) is 0 Å². The highest BCUT2D eigenvalue weighted by Crippen LogP contribution is 2.14. The van der Waals surface area contributed by atoms with Gasteiger partial charge in [0.1, 0.15) is 0 Å². The van der Waals surface area contributed by atoms with Crippen LogP contribution in [0.2, 0.25) is 0 Å². The van der Waals surface area contributed by atoms with Crippen molar-refractivity contribution < 1.29 is 4.79 Å². The molecule has 3 nitrogen and oxygen atoms in total. The van der Waals surface area contributed by atoms with Gasteiger partial charge in [-0.05, 0) is 17.9 Å². The lowest BCUT2D eigenvalue weighted by Crippen LogP contribution is -2.35. The highest BCUT2D eigenvalue weighted by atomic mass is 79.9. The maximum atomic E-state index is 11.9. The summed E-state index contributed by atoms with van der Waals surface area (Å²) >= 11 is 5.14. The van der Waals surface area contributed by atoms with Crippen molar-refractivity contribution in [3.05, 3.63) is 22.4 Å². The third-order valence-electron chi connectivity index (χ3n) is 3.21. The molecule has 2 heterocycles. The summed E-state index contributed by atoms with van der Waals surface area (Å²) in [5.74, 6) is 0.282. The van der Waals surface area contributed by atoms with Gasteiger partial charge in [0.15, 0.2) is 0 Å². The average Bonchev–Trinajstić information content (AvgIpc) is 2.74. The van der Waals surface area contributed by atoms with E-state index >= 15 is 0 Å². The van der Waals surface area contributed by atoms with Gasteiger partial charge in [0, 0.05) is 49.4 Å². The number of amides is 1. The Labute approximate surface area is 121 Å². The van der Waals surface area contributed by atoms with E-state index < -0.39 is 0 Å². The number of thiophene rings is 1. The van der Waals surface area contributed by atoms with Crippen molar-refractivity contribution in [2.24, 2.45) is 0 Å². The van der Waals surface area contributed by atoms with Crippen LogP contribution in [0.1, 0.15) is 17.7 Å². The average molecular weight is 331 g/mol. The second-order valence-corrected chi connectivity index (χ2v) is 6.35. The van der Waals surface area contributed by atoms with E-state index in [9.17, 15) is 4.79 Å². The van der Waals surface area contributed by atoms with Gasteiger partial charge >= 0.3 is 0 Å². The Bertz CT molecular complexity index is 369. The van der Waals surface area contributed by atoms with Crippen LogP contribution in [-0.4, -0.2) is 47.2 Å². The quantitative estimate of drug-likeness (QED) is 0.792. The number of hydrogen-bond donors (Lipinski definition) is 0. The molecule has 0 spiro atoms. The van der Waals surface area contributed by atoms with Gasteiger partial charge in [-0.15, -0.1) is 11.3 Å². The Morgan fingerprint density at radius 2 is 2.22 bits per heavy atom. The maximum Gasteiger partial charge on any atom is 0.223 e. The van der Waals surface area contributed by atoms with Crippen molar-refractivity contribution in [2.75, 3.05) is 31.5 Å². The Morgan fingerprint density at radius 3 is 2.94 bits per heavy atom. The molecule has 1 aromatic heterocycles. The van der Waals surface area contributed by atoms with E-state index in [0.717, 1.165) is 44.5 Å². The summed E-state index contributed by atoms with van der Waals surface area (Å²) in [5.41, 5.74) is 0. The molecule has 1 fully saturated rings. The summed E-state index contributed by atoms with van der Waals surface area (Å²) in [7, 11) is 0. The molecule has 0 radical (unpaired) electrons. The van der Waals surface area contributed by atoms with Crippen molar-refractivity contribution in [2.45, 2.75) is 19.4 Å².